The van der Waals surface area contributed by atoms with Crippen LogP contribution in [0.5, 0.6) is 5.75 Å². The fraction of sp³-hybridized carbons (Fsp3) is 0.538. The Bertz CT molecular complexity index is 350. The van der Waals surface area contributed by atoms with Gasteiger partial charge in [-0.15, -0.1) is 0 Å². The van der Waals surface area contributed by atoms with Crippen LogP contribution in [0, 0.1) is 0 Å². The Hall–Kier alpha value is -0.0200. The molecule has 3 heteroatoms. The lowest BCUT2D eigenvalue weighted by molar-refractivity contribution is 0.310. The van der Waals surface area contributed by atoms with Crippen molar-refractivity contribution >= 4 is 31.9 Å². The number of rotatable bonds is 5. The van der Waals surface area contributed by atoms with E-state index >= 15 is 0 Å². The van der Waals surface area contributed by atoms with Gasteiger partial charge in [0.1, 0.15) is 5.75 Å². The summed E-state index contributed by atoms with van der Waals surface area (Å²) >= 11 is 7.10. The molecule has 90 valence electrons. The molecule has 0 fully saturated rings. The third-order valence-corrected chi connectivity index (χ3v) is 3.68. The maximum Gasteiger partial charge on any atom is 0.136 e. The number of benzene rings is 1. The number of hydrogen-bond donors (Lipinski definition) is 0. The monoisotopic (exact) mass is 348 g/mol. The van der Waals surface area contributed by atoms with Crippen molar-refractivity contribution in [2.45, 2.75) is 39.5 Å². The van der Waals surface area contributed by atoms with Crippen LogP contribution in [0.2, 0.25) is 0 Å². The molecule has 0 bridgehead atoms. The third kappa shape index (κ3) is 3.49. The zero-order valence-electron chi connectivity index (χ0n) is 10.0. The highest BCUT2D eigenvalue weighted by molar-refractivity contribution is 9.11. The first kappa shape index (κ1) is 14.0. The Balaban J connectivity index is 3.10. The van der Waals surface area contributed by atoms with Crippen molar-refractivity contribution in [3.05, 3.63) is 26.6 Å². The largest absolute Gasteiger partial charge is 0.492 e. The second kappa shape index (κ2) is 6.65. The van der Waals surface area contributed by atoms with Crippen LogP contribution in [0.3, 0.4) is 0 Å². The molecular formula is C13H18Br2O. The van der Waals surface area contributed by atoms with Crippen molar-refractivity contribution in [3.8, 4) is 5.75 Å². The van der Waals surface area contributed by atoms with Crippen LogP contribution in [-0.4, -0.2) is 6.61 Å². The summed E-state index contributed by atoms with van der Waals surface area (Å²) in [7, 11) is 0. The quantitative estimate of drug-likeness (QED) is 0.680. The van der Waals surface area contributed by atoms with Crippen molar-refractivity contribution in [2.75, 3.05) is 6.61 Å². The lowest BCUT2D eigenvalue weighted by atomic mass is 9.98. The minimum atomic E-state index is 0.514. The average Bonchev–Trinajstić information content (AvgIpc) is 2.26. The van der Waals surface area contributed by atoms with Crippen LogP contribution in [0.1, 0.15) is 45.1 Å². The highest BCUT2D eigenvalue weighted by atomic mass is 79.9. The minimum absolute atomic E-state index is 0.514. The molecule has 0 aliphatic rings. The van der Waals surface area contributed by atoms with E-state index < -0.39 is 0 Å². The first-order chi connectivity index (χ1) is 7.60. The van der Waals surface area contributed by atoms with Crippen molar-refractivity contribution < 1.29 is 4.74 Å². The second-order valence-electron chi connectivity index (χ2n) is 3.96. The zero-order chi connectivity index (χ0) is 12.1. The van der Waals surface area contributed by atoms with Crippen molar-refractivity contribution in [1.82, 2.24) is 0 Å². The van der Waals surface area contributed by atoms with Gasteiger partial charge >= 0.3 is 0 Å². The molecule has 1 aromatic rings. The third-order valence-electron chi connectivity index (χ3n) is 2.63. The molecule has 0 saturated heterocycles. The summed E-state index contributed by atoms with van der Waals surface area (Å²) in [6, 6.07) is 4.20. The van der Waals surface area contributed by atoms with E-state index in [2.05, 4.69) is 58.7 Å². The molecule has 1 nitrogen and oxygen atoms in total. The van der Waals surface area contributed by atoms with Gasteiger partial charge in [0.05, 0.1) is 11.1 Å². The van der Waals surface area contributed by atoms with Gasteiger partial charge in [-0.3, -0.25) is 0 Å². The SMILES string of the molecule is CCCOc1c(Br)cc(Br)cc1C(C)CC. The van der Waals surface area contributed by atoms with Crippen LogP contribution in [0.4, 0.5) is 0 Å². The van der Waals surface area contributed by atoms with Gasteiger partial charge in [0.25, 0.3) is 0 Å². The molecule has 0 saturated carbocycles. The first-order valence-electron chi connectivity index (χ1n) is 5.71. The normalized spacial score (nSPS) is 12.6. The van der Waals surface area contributed by atoms with E-state index in [1.165, 1.54) is 5.56 Å². The van der Waals surface area contributed by atoms with Crippen LogP contribution in [-0.2, 0) is 0 Å². The fourth-order valence-electron chi connectivity index (χ4n) is 1.52. The van der Waals surface area contributed by atoms with Crippen molar-refractivity contribution in [3.63, 3.8) is 0 Å². The molecule has 0 heterocycles. The van der Waals surface area contributed by atoms with Crippen LogP contribution < -0.4 is 4.74 Å². The van der Waals surface area contributed by atoms with E-state index in [1.807, 2.05) is 6.07 Å². The van der Waals surface area contributed by atoms with E-state index in [0.29, 0.717) is 5.92 Å². The van der Waals surface area contributed by atoms with Crippen molar-refractivity contribution in [2.24, 2.45) is 0 Å². The van der Waals surface area contributed by atoms with E-state index in [4.69, 9.17) is 4.74 Å². The summed E-state index contributed by atoms with van der Waals surface area (Å²) in [4.78, 5) is 0. The molecule has 16 heavy (non-hydrogen) atoms. The summed E-state index contributed by atoms with van der Waals surface area (Å²) in [5, 5.41) is 0. The lowest BCUT2D eigenvalue weighted by Crippen LogP contribution is -2.02. The molecule has 1 atom stereocenters. The van der Waals surface area contributed by atoms with Gasteiger partial charge in [0.2, 0.25) is 0 Å². The van der Waals surface area contributed by atoms with E-state index in [0.717, 1.165) is 34.1 Å². The summed E-state index contributed by atoms with van der Waals surface area (Å²) in [5.41, 5.74) is 1.28. The molecule has 0 radical (unpaired) electrons. The van der Waals surface area contributed by atoms with E-state index in [-0.39, 0.29) is 0 Å². The standard InChI is InChI=1S/C13H18Br2O/c1-4-6-16-13-11(9(3)5-2)7-10(14)8-12(13)15/h7-9H,4-6H2,1-3H3. The van der Waals surface area contributed by atoms with Gasteiger partial charge < -0.3 is 4.74 Å². The summed E-state index contributed by atoms with van der Waals surface area (Å²) in [6.07, 6.45) is 2.15. The molecule has 1 rings (SSSR count). The maximum atomic E-state index is 5.83. The van der Waals surface area contributed by atoms with Gasteiger partial charge in [-0.1, -0.05) is 36.7 Å². The van der Waals surface area contributed by atoms with E-state index in [1.54, 1.807) is 0 Å². The average molecular weight is 350 g/mol. The van der Waals surface area contributed by atoms with Gasteiger partial charge in [-0.25, -0.2) is 0 Å². The molecule has 0 spiro atoms. The number of ether oxygens (including phenoxy) is 1. The predicted molar refractivity (Wildman–Crippen MR) is 76.3 cm³/mol. The second-order valence-corrected chi connectivity index (χ2v) is 5.73. The van der Waals surface area contributed by atoms with Gasteiger partial charge in [-0.05, 0) is 52.4 Å². The summed E-state index contributed by atoms with van der Waals surface area (Å²) in [6.45, 7) is 7.31. The summed E-state index contributed by atoms with van der Waals surface area (Å²) in [5.74, 6) is 1.51. The topological polar surface area (TPSA) is 9.23 Å². The number of halogens is 2. The van der Waals surface area contributed by atoms with Gasteiger partial charge in [0, 0.05) is 4.47 Å². The van der Waals surface area contributed by atoms with Crippen LogP contribution >= 0.6 is 31.9 Å². The highest BCUT2D eigenvalue weighted by Gasteiger charge is 2.14. The zero-order valence-corrected chi connectivity index (χ0v) is 13.2. The number of hydrogen-bond acceptors (Lipinski definition) is 1. The van der Waals surface area contributed by atoms with Crippen LogP contribution in [0.15, 0.2) is 21.1 Å². The molecule has 0 aliphatic heterocycles. The highest BCUT2D eigenvalue weighted by Crippen LogP contribution is 2.38. The molecular weight excluding hydrogens is 332 g/mol. The Morgan fingerprint density at radius 2 is 1.94 bits per heavy atom. The Labute approximate surface area is 115 Å². The summed E-state index contributed by atoms with van der Waals surface area (Å²) < 4.78 is 7.96. The van der Waals surface area contributed by atoms with Crippen LogP contribution in [0.25, 0.3) is 0 Å². The first-order valence-corrected chi connectivity index (χ1v) is 7.30. The molecule has 1 aromatic carbocycles. The molecule has 0 aromatic heterocycles. The van der Waals surface area contributed by atoms with Crippen molar-refractivity contribution in [1.29, 1.82) is 0 Å². The fourth-order valence-corrected chi connectivity index (χ4v) is 2.90. The minimum Gasteiger partial charge on any atom is -0.492 e. The maximum absolute atomic E-state index is 5.83. The predicted octanol–water partition coefficient (Wildman–Crippen LogP) is 5.51. The van der Waals surface area contributed by atoms with Gasteiger partial charge in [-0.2, -0.15) is 0 Å². The Morgan fingerprint density at radius 1 is 1.25 bits per heavy atom. The molecule has 0 aliphatic carbocycles. The van der Waals surface area contributed by atoms with E-state index in [9.17, 15) is 0 Å². The Kier molecular flexibility index (Phi) is 5.84. The Morgan fingerprint density at radius 3 is 2.50 bits per heavy atom. The molecule has 1 unspecified atom stereocenters. The smallest absolute Gasteiger partial charge is 0.136 e. The lowest BCUT2D eigenvalue weighted by Gasteiger charge is -2.17. The van der Waals surface area contributed by atoms with Gasteiger partial charge in [0.15, 0.2) is 0 Å². The molecule has 0 amide bonds. The molecule has 0 N–H and O–H groups in total.